The molecule has 0 aliphatic heterocycles. The van der Waals surface area contributed by atoms with Gasteiger partial charge in [-0.05, 0) is 43.0 Å². The van der Waals surface area contributed by atoms with Crippen LogP contribution < -0.4 is 5.32 Å². The fourth-order valence-electron chi connectivity index (χ4n) is 2.30. The molecule has 2 nitrogen and oxygen atoms in total. The van der Waals surface area contributed by atoms with E-state index in [0.717, 1.165) is 34.1 Å². The Balaban J connectivity index is 1.70. The van der Waals surface area contributed by atoms with Crippen molar-refractivity contribution in [3.63, 3.8) is 0 Å². The zero-order valence-corrected chi connectivity index (χ0v) is 11.1. The van der Waals surface area contributed by atoms with Crippen molar-refractivity contribution in [3.05, 3.63) is 35.5 Å². The van der Waals surface area contributed by atoms with Crippen LogP contribution in [0.15, 0.2) is 30.5 Å². The van der Waals surface area contributed by atoms with Crippen LogP contribution >= 0.6 is 11.6 Å². The van der Waals surface area contributed by atoms with Crippen LogP contribution in [0, 0.1) is 5.92 Å². The molecule has 1 N–H and O–H groups in total. The molecule has 1 aliphatic rings. The van der Waals surface area contributed by atoms with Gasteiger partial charge in [-0.2, -0.15) is 0 Å². The van der Waals surface area contributed by atoms with Crippen molar-refractivity contribution in [2.75, 3.05) is 11.9 Å². The standard InChI is InChI=1S/C15H17ClN2/c16-12-5-6-13-14(7-9-18-15(13)10-12)17-8-1-2-11-3-4-11/h5-7,9-11H,1-4,8H2,(H,17,18). The van der Waals surface area contributed by atoms with Gasteiger partial charge < -0.3 is 5.32 Å². The first-order valence-corrected chi connectivity index (χ1v) is 6.99. The number of rotatable bonds is 5. The summed E-state index contributed by atoms with van der Waals surface area (Å²) in [5, 5.41) is 5.39. The molecule has 0 amide bonds. The second-order valence-electron chi connectivity index (χ2n) is 5.03. The number of fused-ring (bicyclic) bond motifs is 1. The van der Waals surface area contributed by atoms with Crippen molar-refractivity contribution >= 4 is 28.2 Å². The third-order valence-electron chi connectivity index (χ3n) is 3.51. The van der Waals surface area contributed by atoms with E-state index in [1.807, 2.05) is 30.5 Å². The molecule has 1 heterocycles. The summed E-state index contributed by atoms with van der Waals surface area (Å²) in [5.74, 6) is 1.01. The maximum absolute atomic E-state index is 5.98. The van der Waals surface area contributed by atoms with Gasteiger partial charge in [0.1, 0.15) is 0 Å². The van der Waals surface area contributed by atoms with E-state index in [1.165, 1.54) is 25.7 Å². The summed E-state index contributed by atoms with van der Waals surface area (Å²) >= 11 is 5.98. The Morgan fingerprint density at radius 1 is 1.28 bits per heavy atom. The number of nitrogens with one attached hydrogen (secondary N) is 1. The van der Waals surface area contributed by atoms with Gasteiger partial charge in [0.25, 0.3) is 0 Å². The van der Waals surface area contributed by atoms with Crippen LogP contribution in [0.5, 0.6) is 0 Å². The number of nitrogens with zero attached hydrogens (tertiary/aromatic N) is 1. The van der Waals surface area contributed by atoms with Crippen molar-refractivity contribution in [1.82, 2.24) is 4.98 Å². The van der Waals surface area contributed by atoms with E-state index in [-0.39, 0.29) is 0 Å². The highest BCUT2D eigenvalue weighted by Crippen LogP contribution is 2.33. The molecular weight excluding hydrogens is 244 g/mol. The fraction of sp³-hybridized carbons (Fsp3) is 0.400. The molecule has 0 bridgehead atoms. The number of benzene rings is 1. The first kappa shape index (κ1) is 11.8. The number of pyridine rings is 1. The SMILES string of the molecule is Clc1ccc2c(NCCCC3CC3)ccnc2c1. The predicted octanol–water partition coefficient (Wildman–Crippen LogP) is 4.49. The number of anilines is 1. The minimum Gasteiger partial charge on any atom is -0.384 e. The van der Waals surface area contributed by atoms with E-state index >= 15 is 0 Å². The number of hydrogen-bond donors (Lipinski definition) is 1. The summed E-state index contributed by atoms with van der Waals surface area (Å²) in [6, 6.07) is 7.90. The fourth-order valence-corrected chi connectivity index (χ4v) is 2.46. The zero-order chi connectivity index (χ0) is 12.4. The van der Waals surface area contributed by atoms with Gasteiger partial charge in [-0.3, -0.25) is 4.98 Å². The summed E-state index contributed by atoms with van der Waals surface area (Å²) < 4.78 is 0. The van der Waals surface area contributed by atoms with Gasteiger partial charge in [0.05, 0.1) is 5.52 Å². The average molecular weight is 261 g/mol. The smallest absolute Gasteiger partial charge is 0.0737 e. The van der Waals surface area contributed by atoms with Crippen molar-refractivity contribution in [2.45, 2.75) is 25.7 Å². The Labute approximate surface area is 112 Å². The van der Waals surface area contributed by atoms with E-state index in [4.69, 9.17) is 11.6 Å². The second kappa shape index (κ2) is 5.15. The predicted molar refractivity (Wildman–Crippen MR) is 77.2 cm³/mol. The normalized spacial score (nSPS) is 14.9. The van der Waals surface area contributed by atoms with Gasteiger partial charge in [-0.25, -0.2) is 0 Å². The van der Waals surface area contributed by atoms with Crippen LogP contribution in [-0.4, -0.2) is 11.5 Å². The van der Waals surface area contributed by atoms with Gasteiger partial charge in [0.15, 0.2) is 0 Å². The Bertz CT molecular complexity index is 549. The van der Waals surface area contributed by atoms with Crippen molar-refractivity contribution in [1.29, 1.82) is 0 Å². The van der Waals surface area contributed by atoms with Crippen molar-refractivity contribution in [3.8, 4) is 0 Å². The van der Waals surface area contributed by atoms with E-state index < -0.39 is 0 Å². The molecule has 0 saturated heterocycles. The van der Waals surface area contributed by atoms with E-state index in [2.05, 4.69) is 10.3 Å². The molecule has 0 spiro atoms. The maximum atomic E-state index is 5.98. The highest BCUT2D eigenvalue weighted by atomic mass is 35.5. The lowest BCUT2D eigenvalue weighted by Crippen LogP contribution is -2.02. The summed E-state index contributed by atoms with van der Waals surface area (Å²) in [7, 11) is 0. The molecule has 1 aliphatic carbocycles. The average Bonchev–Trinajstić information content (AvgIpc) is 3.18. The molecule has 2 aromatic rings. The molecule has 0 atom stereocenters. The Kier molecular flexibility index (Phi) is 3.37. The highest BCUT2D eigenvalue weighted by molar-refractivity contribution is 6.31. The topological polar surface area (TPSA) is 24.9 Å². The molecular formula is C15H17ClN2. The number of hydrogen-bond acceptors (Lipinski definition) is 2. The number of halogens is 1. The van der Waals surface area contributed by atoms with E-state index in [0.29, 0.717) is 0 Å². The van der Waals surface area contributed by atoms with Crippen LogP contribution in [0.25, 0.3) is 10.9 Å². The summed E-state index contributed by atoms with van der Waals surface area (Å²) in [6.45, 7) is 1.04. The third-order valence-corrected chi connectivity index (χ3v) is 3.74. The highest BCUT2D eigenvalue weighted by Gasteiger charge is 2.19. The molecule has 94 valence electrons. The van der Waals surface area contributed by atoms with Crippen molar-refractivity contribution < 1.29 is 0 Å². The second-order valence-corrected chi connectivity index (χ2v) is 5.47. The minimum absolute atomic E-state index is 0.737. The van der Waals surface area contributed by atoms with Crippen LogP contribution in [-0.2, 0) is 0 Å². The Morgan fingerprint density at radius 3 is 3.00 bits per heavy atom. The van der Waals surface area contributed by atoms with E-state index in [9.17, 15) is 0 Å². The molecule has 3 rings (SSSR count). The summed E-state index contributed by atoms with van der Waals surface area (Å²) in [5.41, 5.74) is 2.11. The lowest BCUT2D eigenvalue weighted by atomic mass is 10.1. The van der Waals surface area contributed by atoms with Crippen molar-refractivity contribution in [2.24, 2.45) is 5.92 Å². The van der Waals surface area contributed by atoms with E-state index in [1.54, 1.807) is 0 Å². The molecule has 3 heteroatoms. The summed E-state index contributed by atoms with van der Waals surface area (Å²) in [4.78, 5) is 4.34. The van der Waals surface area contributed by atoms with Crippen LogP contribution in [0.4, 0.5) is 5.69 Å². The molecule has 0 radical (unpaired) electrons. The Morgan fingerprint density at radius 2 is 2.17 bits per heavy atom. The lowest BCUT2D eigenvalue weighted by molar-refractivity contribution is 0.687. The van der Waals surface area contributed by atoms with Crippen LogP contribution in [0.2, 0.25) is 5.02 Å². The molecule has 1 aromatic carbocycles. The third kappa shape index (κ3) is 2.75. The number of aromatic nitrogens is 1. The van der Waals surface area contributed by atoms with Crippen LogP contribution in [0.1, 0.15) is 25.7 Å². The Hall–Kier alpha value is -1.28. The molecule has 18 heavy (non-hydrogen) atoms. The van der Waals surface area contributed by atoms with Gasteiger partial charge >= 0.3 is 0 Å². The lowest BCUT2D eigenvalue weighted by Gasteiger charge is -2.09. The monoisotopic (exact) mass is 260 g/mol. The van der Waals surface area contributed by atoms with Gasteiger partial charge in [0.2, 0.25) is 0 Å². The van der Waals surface area contributed by atoms with Gasteiger partial charge in [-0.1, -0.05) is 24.4 Å². The first-order chi connectivity index (χ1) is 8.83. The molecule has 1 saturated carbocycles. The minimum atomic E-state index is 0.737. The van der Waals surface area contributed by atoms with Gasteiger partial charge in [0, 0.05) is 28.8 Å². The molecule has 1 fully saturated rings. The molecule has 0 unspecified atom stereocenters. The molecule has 1 aromatic heterocycles. The zero-order valence-electron chi connectivity index (χ0n) is 10.3. The largest absolute Gasteiger partial charge is 0.384 e. The van der Waals surface area contributed by atoms with Gasteiger partial charge in [-0.15, -0.1) is 0 Å². The quantitative estimate of drug-likeness (QED) is 0.801. The summed E-state index contributed by atoms with van der Waals surface area (Å²) in [6.07, 6.45) is 7.33. The van der Waals surface area contributed by atoms with Crippen LogP contribution in [0.3, 0.4) is 0 Å². The maximum Gasteiger partial charge on any atom is 0.0737 e. The first-order valence-electron chi connectivity index (χ1n) is 6.61.